The molecular formula is C29H40N8O6S2. The number of primary amides is 1. The van der Waals surface area contributed by atoms with Gasteiger partial charge in [-0.3, -0.25) is 28.8 Å². The van der Waals surface area contributed by atoms with Crippen LogP contribution in [0.1, 0.15) is 96.8 Å². The van der Waals surface area contributed by atoms with E-state index in [9.17, 15) is 28.8 Å². The fourth-order valence-electron chi connectivity index (χ4n) is 5.29. The van der Waals surface area contributed by atoms with Crippen molar-refractivity contribution in [1.82, 2.24) is 36.1 Å². The molecule has 4 rings (SSSR count). The predicted octanol–water partition coefficient (Wildman–Crippen LogP) is 1.24. The normalized spacial score (nSPS) is 23.6. The molecule has 0 spiro atoms. The number of aromatic nitrogens is 2. The van der Waals surface area contributed by atoms with Gasteiger partial charge in [0, 0.05) is 23.7 Å². The zero-order valence-electron chi connectivity index (χ0n) is 25.8. The largest absolute Gasteiger partial charge is 0.370 e. The molecule has 244 valence electrons. The van der Waals surface area contributed by atoms with E-state index < -0.39 is 53.7 Å². The molecule has 0 radical (unpaired) electrons. The summed E-state index contributed by atoms with van der Waals surface area (Å²) in [6, 6.07) is -3.42. The van der Waals surface area contributed by atoms with Crippen molar-refractivity contribution in [2.24, 2.45) is 17.6 Å². The molecular weight excluding hydrogens is 621 g/mol. The van der Waals surface area contributed by atoms with Crippen molar-refractivity contribution in [2.45, 2.75) is 90.5 Å². The molecule has 16 heteroatoms. The monoisotopic (exact) mass is 660 g/mol. The molecule has 4 bridgehead atoms. The molecule has 4 atom stereocenters. The first kappa shape index (κ1) is 34.0. The van der Waals surface area contributed by atoms with Crippen LogP contribution in [0.2, 0.25) is 0 Å². The van der Waals surface area contributed by atoms with Crippen molar-refractivity contribution < 1.29 is 28.8 Å². The summed E-state index contributed by atoms with van der Waals surface area (Å²) in [7, 11) is 0. The summed E-state index contributed by atoms with van der Waals surface area (Å²) in [4.78, 5) is 89.0. The van der Waals surface area contributed by atoms with Gasteiger partial charge in [0.05, 0.1) is 12.6 Å². The van der Waals surface area contributed by atoms with Crippen LogP contribution in [0.5, 0.6) is 0 Å². The Kier molecular flexibility index (Phi) is 11.3. The first-order valence-corrected chi connectivity index (χ1v) is 16.8. The number of amides is 6. The third-order valence-corrected chi connectivity index (χ3v) is 9.44. The lowest BCUT2D eigenvalue weighted by Gasteiger charge is -2.31. The Morgan fingerprint density at radius 1 is 0.956 bits per heavy atom. The van der Waals surface area contributed by atoms with Crippen LogP contribution in [0.15, 0.2) is 10.8 Å². The number of hydrogen-bond acceptors (Lipinski definition) is 10. The molecule has 0 aromatic carbocycles. The van der Waals surface area contributed by atoms with Crippen molar-refractivity contribution >= 4 is 58.1 Å². The van der Waals surface area contributed by atoms with Gasteiger partial charge in [0.1, 0.15) is 39.5 Å². The summed E-state index contributed by atoms with van der Waals surface area (Å²) < 4.78 is 0. The fraction of sp³-hybridized carbons (Fsp3) is 0.586. The van der Waals surface area contributed by atoms with Crippen LogP contribution in [0, 0.1) is 11.8 Å². The lowest BCUT2D eigenvalue weighted by Crippen LogP contribution is -2.57. The van der Waals surface area contributed by atoms with E-state index >= 15 is 0 Å². The van der Waals surface area contributed by atoms with Crippen LogP contribution < -0.4 is 27.0 Å². The molecule has 6 N–H and O–H groups in total. The quantitative estimate of drug-likeness (QED) is 0.304. The van der Waals surface area contributed by atoms with Crippen LogP contribution in [0.25, 0.3) is 0 Å². The lowest BCUT2D eigenvalue weighted by molar-refractivity contribution is -0.141. The highest BCUT2D eigenvalue weighted by Crippen LogP contribution is 2.25. The Bertz CT molecular complexity index is 1440. The highest BCUT2D eigenvalue weighted by molar-refractivity contribution is 7.10. The second-order valence-corrected chi connectivity index (χ2v) is 13.9. The number of carbonyl (C=O) groups excluding carboxylic acids is 6. The Morgan fingerprint density at radius 2 is 1.64 bits per heavy atom. The molecule has 2 aromatic heterocycles. The van der Waals surface area contributed by atoms with Gasteiger partial charge in [-0.2, -0.15) is 0 Å². The zero-order chi connectivity index (χ0) is 32.8. The van der Waals surface area contributed by atoms with Gasteiger partial charge in [-0.15, -0.1) is 22.7 Å². The average Bonchev–Trinajstić information content (AvgIpc) is 3.76. The number of hydrogen-bond donors (Lipinski definition) is 5. The molecule has 1 saturated heterocycles. The van der Waals surface area contributed by atoms with Gasteiger partial charge in [0.2, 0.25) is 23.6 Å². The molecule has 1 fully saturated rings. The topological polar surface area (TPSA) is 206 Å². The molecule has 2 aliphatic rings. The van der Waals surface area contributed by atoms with E-state index in [1.54, 1.807) is 24.6 Å². The van der Waals surface area contributed by atoms with E-state index in [4.69, 9.17) is 5.73 Å². The number of carbonyl (C=O) groups is 6. The lowest BCUT2D eigenvalue weighted by atomic mass is 10.0. The van der Waals surface area contributed by atoms with Crippen LogP contribution in [0.4, 0.5) is 0 Å². The minimum Gasteiger partial charge on any atom is -0.370 e. The van der Waals surface area contributed by atoms with E-state index in [-0.39, 0.29) is 48.5 Å². The number of fused-ring (bicyclic) bond motifs is 5. The van der Waals surface area contributed by atoms with Gasteiger partial charge in [-0.1, -0.05) is 27.7 Å². The molecule has 0 aliphatic carbocycles. The molecule has 14 nitrogen and oxygen atoms in total. The zero-order valence-corrected chi connectivity index (χ0v) is 27.4. The van der Waals surface area contributed by atoms with Gasteiger partial charge in [-0.25, -0.2) is 9.97 Å². The van der Waals surface area contributed by atoms with Gasteiger partial charge in [0.25, 0.3) is 11.8 Å². The maximum Gasteiger partial charge on any atom is 0.271 e. The van der Waals surface area contributed by atoms with Gasteiger partial charge in [-0.05, 0) is 37.5 Å². The molecule has 2 aliphatic heterocycles. The third kappa shape index (κ3) is 8.63. The standard InChI is InChI=1S/C29H40N8O6S2/c1-14(2)10-17-25(40)33-16(7-8-21(30)38)28-35-18(13-45-28)24(39)31-11-22-32-19(12-44-22)26(41)36-23(15(3)4)29(43)37-9-5-6-20(37)27(42)34-17/h12-17,20,23H,5-11H2,1-4H3,(H2,30,38)(H,31,39)(H,33,40)(H,34,42)(H,36,41). The second-order valence-electron chi connectivity index (χ2n) is 12.0. The number of nitrogens with one attached hydrogen (secondary N) is 4. The molecule has 0 saturated carbocycles. The van der Waals surface area contributed by atoms with Gasteiger partial charge in [0.15, 0.2) is 0 Å². The number of rotatable bonds is 6. The van der Waals surface area contributed by atoms with Crippen molar-refractivity contribution in [2.75, 3.05) is 6.54 Å². The van der Waals surface area contributed by atoms with Crippen molar-refractivity contribution in [3.05, 3.63) is 32.2 Å². The molecule has 2 aromatic rings. The Labute approximate surface area is 269 Å². The summed E-state index contributed by atoms with van der Waals surface area (Å²) >= 11 is 2.33. The van der Waals surface area contributed by atoms with Crippen molar-refractivity contribution in [1.29, 1.82) is 0 Å². The van der Waals surface area contributed by atoms with Gasteiger partial charge >= 0.3 is 0 Å². The van der Waals surface area contributed by atoms with Crippen molar-refractivity contribution in [3.8, 4) is 0 Å². The Morgan fingerprint density at radius 3 is 2.33 bits per heavy atom. The number of thiazole rings is 2. The summed E-state index contributed by atoms with van der Waals surface area (Å²) in [5.41, 5.74) is 5.62. The van der Waals surface area contributed by atoms with E-state index in [2.05, 4.69) is 31.2 Å². The highest BCUT2D eigenvalue weighted by atomic mass is 32.1. The maximum absolute atomic E-state index is 13.8. The van der Waals surface area contributed by atoms with Crippen molar-refractivity contribution in [3.63, 3.8) is 0 Å². The van der Waals surface area contributed by atoms with E-state index in [1.165, 1.54) is 16.2 Å². The summed E-state index contributed by atoms with van der Waals surface area (Å²) in [5, 5.41) is 15.3. The smallest absolute Gasteiger partial charge is 0.271 e. The molecule has 45 heavy (non-hydrogen) atoms. The maximum atomic E-state index is 13.8. The van der Waals surface area contributed by atoms with E-state index in [0.717, 1.165) is 11.3 Å². The fourth-order valence-corrected chi connectivity index (χ4v) is 6.89. The summed E-state index contributed by atoms with van der Waals surface area (Å²) in [5.74, 6) is -3.18. The van der Waals surface area contributed by atoms with Crippen LogP contribution in [0.3, 0.4) is 0 Å². The highest BCUT2D eigenvalue weighted by Gasteiger charge is 2.40. The van der Waals surface area contributed by atoms with E-state index in [1.807, 2.05) is 13.8 Å². The predicted molar refractivity (Wildman–Crippen MR) is 167 cm³/mol. The first-order chi connectivity index (χ1) is 21.3. The van der Waals surface area contributed by atoms with E-state index in [0.29, 0.717) is 35.8 Å². The Balaban J connectivity index is 1.69. The third-order valence-electron chi connectivity index (χ3n) is 7.63. The minimum absolute atomic E-state index is 0.0303. The average molecular weight is 661 g/mol. The molecule has 6 amide bonds. The first-order valence-electron chi connectivity index (χ1n) is 15.0. The van der Waals surface area contributed by atoms with Crippen LogP contribution in [-0.4, -0.2) is 75.0 Å². The van der Waals surface area contributed by atoms with Crippen LogP contribution >= 0.6 is 22.7 Å². The minimum atomic E-state index is -0.942. The van der Waals surface area contributed by atoms with Gasteiger partial charge < -0.3 is 31.9 Å². The molecule has 4 unspecified atom stereocenters. The number of nitrogens with zero attached hydrogens (tertiary/aromatic N) is 3. The summed E-state index contributed by atoms with van der Waals surface area (Å²) in [6.45, 7) is 7.82. The number of nitrogens with two attached hydrogens (primary N) is 1. The second kappa shape index (κ2) is 14.9. The van der Waals surface area contributed by atoms with Crippen LogP contribution in [-0.2, 0) is 25.7 Å². The Hall–Kier alpha value is -3.92. The SMILES string of the molecule is CC(C)CC1NC(=O)C2CCCN2C(=O)C(C(C)C)NC(=O)c2csc(n2)CNC(=O)c2csc(n2)C(CCC(N)=O)NC1=O. The summed E-state index contributed by atoms with van der Waals surface area (Å²) in [6.07, 6.45) is 1.41. The molecule has 4 heterocycles.